The minimum absolute atomic E-state index is 0.0579. The topological polar surface area (TPSA) is 29.5 Å². The predicted octanol–water partition coefficient (Wildman–Crippen LogP) is 3.45. The van der Waals surface area contributed by atoms with Crippen LogP contribution in [0, 0.1) is 6.92 Å². The number of likely N-dealkylation sites (tertiary alicyclic amines) is 1. The SMILES string of the molecule is Cc1ccc2c(c1)C1(CCN(Cc3ccccc3)CC1)C(=O)O2. The maximum absolute atomic E-state index is 12.5. The summed E-state index contributed by atoms with van der Waals surface area (Å²) in [4.78, 5) is 15.0. The number of aryl methyl sites for hydroxylation is 1. The molecule has 2 aromatic carbocycles. The summed E-state index contributed by atoms with van der Waals surface area (Å²) in [5, 5.41) is 0. The third-order valence-corrected chi connectivity index (χ3v) is 5.20. The largest absolute Gasteiger partial charge is 0.426 e. The van der Waals surface area contributed by atoms with Crippen LogP contribution >= 0.6 is 0 Å². The van der Waals surface area contributed by atoms with E-state index in [1.54, 1.807) is 0 Å². The molecule has 23 heavy (non-hydrogen) atoms. The van der Waals surface area contributed by atoms with Gasteiger partial charge in [0, 0.05) is 12.1 Å². The highest BCUT2D eigenvalue weighted by atomic mass is 16.5. The van der Waals surface area contributed by atoms with Crippen molar-refractivity contribution >= 4 is 5.97 Å². The Morgan fingerprint density at radius 3 is 2.57 bits per heavy atom. The molecule has 0 bridgehead atoms. The average molecular weight is 307 g/mol. The van der Waals surface area contributed by atoms with Crippen molar-refractivity contribution in [1.29, 1.82) is 0 Å². The van der Waals surface area contributed by atoms with Gasteiger partial charge in [-0.1, -0.05) is 48.0 Å². The fourth-order valence-corrected chi connectivity index (χ4v) is 3.82. The lowest BCUT2D eigenvalue weighted by molar-refractivity contribution is -0.140. The Labute approximate surface area is 136 Å². The van der Waals surface area contributed by atoms with E-state index in [0.29, 0.717) is 0 Å². The third-order valence-electron chi connectivity index (χ3n) is 5.20. The van der Waals surface area contributed by atoms with E-state index in [1.165, 1.54) is 11.1 Å². The van der Waals surface area contributed by atoms with Gasteiger partial charge in [-0.05, 0) is 44.5 Å². The van der Waals surface area contributed by atoms with Crippen molar-refractivity contribution in [3.8, 4) is 5.75 Å². The summed E-state index contributed by atoms with van der Waals surface area (Å²) in [6.45, 7) is 4.88. The molecule has 2 aliphatic heterocycles. The molecule has 0 aromatic heterocycles. The third kappa shape index (κ3) is 2.45. The maximum atomic E-state index is 12.5. The molecule has 118 valence electrons. The first kappa shape index (κ1) is 14.5. The van der Waals surface area contributed by atoms with E-state index in [1.807, 2.05) is 18.2 Å². The number of hydrogen-bond donors (Lipinski definition) is 0. The van der Waals surface area contributed by atoms with Crippen molar-refractivity contribution in [2.45, 2.75) is 31.7 Å². The predicted molar refractivity (Wildman–Crippen MR) is 89.4 cm³/mol. The van der Waals surface area contributed by atoms with Crippen molar-refractivity contribution in [2.24, 2.45) is 0 Å². The molecule has 0 aliphatic carbocycles. The summed E-state index contributed by atoms with van der Waals surface area (Å²) in [5.41, 5.74) is 3.19. The number of nitrogens with zero attached hydrogens (tertiary/aromatic N) is 1. The molecule has 3 heteroatoms. The fraction of sp³-hybridized carbons (Fsp3) is 0.350. The summed E-state index contributed by atoms with van der Waals surface area (Å²) in [6.07, 6.45) is 1.68. The van der Waals surface area contributed by atoms with E-state index in [9.17, 15) is 4.79 Å². The number of esters is 1. The van der Waals surface area contributed by atoms with Crippen molar-refractivity contribution in [2.75, 3.05) is 13.1 Å². The highest BCUT2D eigenvalue weighted by Crippen LogP contribution is 2.46. The molecule has 0 unspecified atom stereocenters. The maximum Gasteiger partial charge on any atom is 0.322 e. The molecule has 1 fully saturated rings. The zero-order valence-electron chi connectivity index (χ0n) is 13.4. The first-order valence-corrected chi connectivity index (χ1v) is 8.27. The second-order valence-corrected chi connectivity index (χ2v) is 6.73. The van der Waals surface area contributed by atoms with Crippen LogP contribution in [0.3, 0.4) is 0 Å². The molecule has 0 saturated carbocycles. The van der Waals surface area contributed by atoms with Gasteiger partial charge in [0.15, 0.2) is 0 Å². The van der Waals surface area contributed by atoms with Crippen LogP contribution in [-0.2, 0) is 16.8 Å². The van der Waals surface area contributed by atoms with Gasteiger partial charge in [-0.2, -0.15) is 0 Å². The van der Waals surface area contributed by atoms with Crippen LogP contribution in [-0.4, -0.2) is 24.0 Å². The van der Waals surface area contributed by atoms with Gasteiger partial charge in [0.05, 0.1) is 5.41 Å². The Bertz CT molecular complexity index is 731. The van der Waals surface area contributed by atoms with Gasteiger partial charge in [-0.3, -0.25) is 9.69 Å². The monoisotopic (exact) mass is 307 g/mol. The first-order chi connectivity index (χ1) is 11.2. The minimum atomic E-state index is -0.422. The van der Waals surface area contributed by atoms with Crippen LogP contribution in [0.15, 0.2) is 48.5 Å². The number of piperidine rings is 1. The number of ether oxygens (including phenoxy) is 1. The molecular formula is C20H21NO2. The Morgan fingerprint density at radius 2 is 1.83 bits per heavy atom. The zero-order chi connectivity index (χ0) is 15.9. The summed E-state index contributed by atoms with van der Waals surface area (Å²) < 4.78 is 5.55. The fourth-order valence-electron chi connectivity index (χ4n) is 3.82. The van der Waals surface area contributed by atoms with E-state index in [2.05, 4.69) is 42.2 Å². The van der Waals surface area contributed by atoms with Gasteiger partial charge in [0.2, 0.25) is 0 Å². The van der Waals surface area contributed by atoms with Crippen molar-refractivity contribution < 1.29 is 9.53 Å². The molecule has 3 nitrogen and oxygen atoms in total. The van der Waals surface area contributed by atoms with Crippen molar-refractivity contribution in [3.05, 3.63) is 65.2 Å². The molecule has 0 radical (unpaired) electrons. The van der Waals surface area contributed by atoms with E-state index in [-0.39, 0.29) is 5.97 Å². The highest BCUT2D eigenvalue weighted by molar-refractivity contribution is 5.90. The van der Waals surface area contributed by atoms with Gasteiger partial charge < -0.3 is 4.74 Å². The Balaban J connectivity index is 1.53. The number of rotatable bonds is 2. The quantitative estimate of drug-likeness (QED) is 0.629. The normalized spacial score (nSPS) is 19.6. The van der Waals surface area contributed by atoms with Crippen LogP contribution < -0.4 is 4.74 Å². The van der Waals surface area contributed by atoms with Gasteiger partial charge >= 0.3 is 5.97 Å². The zero-order valence-corrected chi connectivity index (χ0v) is 13.4. The van der Waals surface area contributed by atoms with Crippen molar-refractivity contribution in [1.82, 2.24) is 4.90 Å². The van der Waals surface area contributed by atoms with E-state index in [4.69, 9.17) is 4.74 Å². The molecule has 0 N–H and O–H groups in total. The number of carbonyl (C=O) groups is 1. The molecule has 1 saturated heterocycles. The summed E-state index contributed by atoms with van der Waals surface area (Å²) >= 11 is 0. The van der Waals surface area contributed by atoms with Crippen LogP contribution in [0.5, 0.6) is 5.75 Å². The second-order valence-electron chi connectivity index (χ2n) is 6.73. The van der Waals surface area contributed by atoms with Crippen LogP contribution in [0.2, 0.25) is 0 Å². The molecule has 0 atom stereocenters. The Hall–Kier alpha value is -2.13. The molecule has 2 aromatic rings. The second kappa shape index (κ2) is 5.50. The molecule has 2 aliphatic rings. The van der Waals surface area contributed by atoms with Crippen molar-refractivity contribution in [3.63, 3.8) is 0 Å². The molecule has 2 heterocycles. The summed E-state index contributed by atoms with van der Waals surface area (Å²) in [7, 11) is 0. The number of carbonyl (C=O) groups excluding carboxylic acids is 1. The van der Waals surface area contributed by atoms with Gasteiger partial charge in [-0.25, -0.2) is 0 Å². The molecule has 4 rings (SSSR count). The lowest BCUT2D eigenvalue weighted by Crippen LogP contribution is -2.45. The van der Waals surface area contributed by atoms with Crippen LogP contribution in [0.25, 0.3) is 0 Å². The smallest absolute Gasteiger partial charge is 0.322 e. The van der Waals surface area contributed by atoms with Crippen LogP contribution in [0.4, 0.5) is 0 Å². The Morgan fingerprint density at radius 1 is 1.09 bits per heavy atom. The van der Waals surface area contributed by atoms with Gasteiger partial charge in [-0.15, -0.1) is 0 Å². The van der Waals surface area contributed by atoms with E-state index >= 15 is 0 Å². The van der Waals surface area contributed by atoms with Gasteiger partial charge in [0.1, 0.15) is 5.75 Å². The molecule has 0 amide bonds. The number of hydrogen-bond acceptors (Lipinski definition) is 3. The standard InChI is InChI=1S/C20H21NO2/c1-15-7-8-18-17(13-15)20(19(22)23-18)9-11-21(12-10-20)14-16-5-3-2-4-6-16/h2-8,13H,9-12,14H2,1H3. The van der Waals surface area contributed by atoms with Gasteiger partial charge in [0.25, 0.3) is 0 Å². The number of fused-ring (bicyclic) bond motifs is 2. The van der Waals surface area contributed by atoms with Crippen LogP contribution in [0.1, 0.15) is 29.5 Å². The average Bonchev–Trinajstić information content (AvgIpc) is 2.83. The lowest BCUT2D eigenvalue weighted by atomic mass is 9.73. The molecule has 1 spiro atoms. The minimum Gasteiger partial charge on any atom is -0.426 e. The Kier molecular flexibility index (Phi) is 3.46. The number of benzene rings is 2. The highest BCUT2D eigenvalue weighted by Gasteiger charge is 2.50. The summed E-state index contributed by atoms with van der Waals surface area (Å²) in [5.74, 6) is 0.703. The van der Waals surface area contributed by atoms with E-state index < -0.39 is 5.41 Å². The lowest BCUT2D eigenvalue weighted by Gasteiger charge is -2.37. The first-order valence-electron chi connectivity index (χ1n) is 8.27. The molecular weight excluding hydrogens is 286 g/mol. The summed E-state index contributed by atoms with van der Waals surface area (Å²) in [6, 6.07) is 16.6. The van der Waals surface area contributed by atoms with E-state index in [0.717, 1.165) is 43.8 Å².